The Hall–Kier alpha value is -2.14. The zero-order valence-electron chi connectivity index (χ0n) is 10.6. The molecule has 0 amide bonds. The molecular formula is C15H11BrO4. The fraction of sp³-hybridized carbons (Fsp3) is 0.0667. The van der Waals surface area contributed by atoms with Crippen molar-refractivity contribution in [2.75, 3.05) is 7.11 Å². The van der Waals surface area contributed by atoms with Crippen LogP contribution < -0.4 is 9.47 Å². The van der Waals surface area contributed by atoms with Gasteiger partial charge in [0.2, 0.25) is 0 Å². The van der Waals surface area contributed by atoms with Gasteiger partial charge in [-0.2, -0.15) is 0 Å². The lowest BCUT2D eigenvalue weighted by Crippen LogP contribution is -2.09. The predicted molar refractivity (Wildman–Crippen MR) is 77.5 cm³/mol. The van der Waals surface area contributed by atoms with Gasteiger partial charge >= 0.3 is 5.97 Å². The molecule has 20 heavy (non-hydrogen) atoms. The van der Waals surface area contributed by atoms with Crippen molar-refractivity contribution in [1.29, 1.82) is 0 Å². The number of carbonyl (C=O) groups excluding carboxylic acids is 2. The van der Waals surface area contributed by atoms with E-state index in [1.54, 1.807) is 42.5 Å². The van der Waals surface area contributed by atoms with Crippen molar-refractivity contribution in [1.82, 2.24) is 0 Å². The number of esters is 1. The van der Waals surface area contributed by atoms with Crippen molar-refractivity contribution in [2.45, 2.75) is 0 Å². The van der Waals surface area contributed by atoms with Crippen molar-refractivity contribution in [3.8, 4) is 11.5 Å². The van der Waals surface area contributed by atoms with E-state index in [0.29, 0.717) is 27.1 Å². The van der Waals surface area contributed by atoms with E-state index >= 15 is 0 Å². The molecular weight excluding hydrogens is 324 g/mol. The van der Waals surface area contributed by atoms with Crippen LogP contribution in [-0.4, -0.2) is 19.4 Å². The number of benzene rings is 2. The van der Waals surface area contributed by atoms with Gasteiger partial charge in [0.15, 0.2) is 0 Å². The summed E-state index contributed by atoms with van der Waals surface area (Å²) < 4.78 is 10.9. The summed E-state index contributed by atoms with van der Waals surface area (Å²) in [4.78, 5) is 22.7. The van der Waals surface area contributed by atoms with Crippen LogP contribution in [0.1, 0.15) is 20.7 Å². The Kier molecular flexibility index (Phi) is 4.53. The van der Waals surface area contributed by atoms with Gasteiger partial charge in [-0.15, -0.1) is 0 Å². The first-order chi connectivity index (χ1) is 9.63. The SMILES string of the molecule is COc1cccc(C(=O)Oc2ccc(C=O)cc2Br)c1. The van der Waals surface area contributed by atoms with Crippen LogP contribution in [0.25, 0.3) is 0 Å². The standard InChI is InChI=1S/C15H11BrO4/c1-19-12-4-2-3-11(8-12)15(18)20-14-6-5-10(9-17)7-13(14)16/h2-9H,1H3. The van der Waals surface area contributed by atoms with Gasteiger partial charge in [0.25, 0.3) is 0 Å². The van der Waals surface area contributed by atoms with Crippen molar-refractivity contribution in [3.05, 3.63) is 58.1 Å². The van der Waals surface area contributed by atoms with Gasteiger partial charge in [-0.3, -0.25) is 4.79 Å². The minimum Gasteiger partial charge on any atom is -0.497 e. The average molecular weight is 335 g/mol. The van der Waals surface area contributed by atoms with Gasteiger partial charge in [0.05, 0.1) is 17.1 Å². The zero-order chi connectivity index (χ0) is 14.5. The monoisotopic (exact) mass is 334 g/mol. The van der Waals surface area contributed by atoms with E-state index in [1.165, 1.54) is 7.11 Å². The molecule has 0 heterocycles. The third kappa shape index (κ3) is 3.24. The lowest BCUT2D eigenvalue weighted by molar-refractivity contribution is 0.0733. The molecule has 0 atom stereocenters. The molecule has 4 nitrogen and oxygen atoms in total. The van der Waals surface area contributed by atoms with E-state index < -0.39 is 5.97 Å². The molecule has 0 aromatic heterocycles. The van der Waals surface area contributed by atoms with Gasteiger partial charge in [-0.05, 0) is 52.3 Å². The molecule has 0 aliphatic rings. The van der Waals surface area contributed by atoms with E-state index in [4.69, 9.17) is 9.47 Å². The normalized spacial score (nSPS) is 9.90. The number of carbonyl (C=O) groups is 2. The number of ether oxygens (including phenoxy) is 2. The van der Waals surface area contributed by atoms with Crippen LogP contribution in [0.4, 0.5) is 0 Å². The number of aldehydes is 1. The first kappa shape index (κ1) is 14.3. The third-order valence-electron chi connectivity index (χ3n) is 2.60. The van der Waals surface area contributed by atoms with Crippen molar-refractivity contribution >= 4 is 28.2 Å². The summed E-state index contributed by atoms with van der Waals surface area (Å²) in [6.45, 7) is 0. The number of hydrogen-bond donors (Lipinski definition) is 0. The van der Waals surface area contributed by atoms with Gasteiger partial charge in [0, 0.05) is 5.56 Å². The summed E-state index contributed by atoms with van der Waals surface area (Å²) in [5.41, 5.74) is 0.883. The molecule has 2 rings (SSSR count). The van der Waals surface area contributed by atoms with Gasteiger partial charge in [0.1, 0.15) is 17.8 Å². The molecule has 0 bridgehead atoms. The maximum Gasteiger partial charge on any atom is 0.343 e. The molecule has 0 spiro atoms. The molecule has 0 unspecified atom stereocenters. The Bertz CT molecular complexity index is 652. The summed E-state index contributed by atoms with van der Waals surface area (Å²) in [5.74, 6) is 0.432. The maximum atomic E-state index is 12.0. The highest BCUT2D eigenvalue weighted by Gasteiger charge is 2.12. The molecule has 102 valence electrons. The third-order valence-corrected chi connectivity index (χ3v) is 3.22. The lowest BCUT2D eigenvalue weighted by atomic mass is 10.2. The Morgan fingerprint density at radius 3 is 2.65 bits per heavy atom. The second-order valence-electron chi connectivity index (χ2n) is 3.93. The van der Waals surface area contributed by atoms with Crippen molar-refractivity contribution in [2.24, 2.45) is 0 Å². The van der Waals surface area contributed by atoms with E-state index in [0.717, 1.165) is 6.29 Å². The molecule has 0 radical (unpaired) electrons. The van der Waals surface area contributed by atoms with Crippen LogP contribution >= 0.6 is 15.9 Å². The molecule has 0 aliphatic heterocycles. The predicted octanol–water partition coefficient (Wildman–Crippen LogP) is 3.49. The highest BCUT2D eigenvalue weighted by Crippen LogP contribution is 2.26. The van der Waals surface area contributed by atoms with Crippen LogP contribution in [0.2, 0.25) is 0 Å². The zero-order valence-corrected chi connectivity index (χ0v) is 12.2. The second kappa shape index (κ2) is 6.34. The first-order valence-electron chi connectivity index (χ1n) is 5.75. The van der Waals surface area contributed by atoms with Crippen molar-refractivity contribution in [3.63, 3.8) is 0 Å². The number of hydrogen-bond acceptors (Lipinski definition) is 4. The van der Waals surface area contributed by atoms with Crippen LogP contribution in [0, 0.1) is 0 Å². The van der Waals surface area contributed by atoms with Gasteiger partial charge < -0.3 is 9.47 Å². The van der Waals surface area contributed by atoms with Gasteiger partial charge in [-0.1, -0.05) is 6.07 Å². The lowest BCUT2D eigenvalue weighted by Gasteiger charge is -2.07. The summed E-state index contributed by atoms with van der Waals surface area (Å²) in [6.07, 6.45) is 0.721. The summed E-state index contributed by atoms with van der Waals surface area (Å²) in [7, 11) is 1.53. The van der Waals surface area contributed by atoms with Crippen LogP contribution in [-0.2, 0) is 0 Å². The quantitative estimate of drug-likeness (QED) is 0.488. The van der Waals surface area contributed by atoms with Crippen molar-refractivity contribution < 1.29 is 19.1 Å². The van der Waals surface area contributed by atoms with Crippen LogP contribution in [0.15, 0.2) is 46.9 Å². The molecule has 5 heteroatoms. The van der Waals surface area contributed by atoms with Gasteiger partial charge in [-0.25, -0.2) is 4.79 Å². The number of methoxy groups -OCH3 is 1. The maximum absolute atomic E-state index is 12.0. The Labute approximate surface area is 124 Å². The summed E-state index contributed by atoms with van der Waals surface area (Å²) >= 11 is 3.26. The highest BCUT2D eigenvalue weighted by molar-refractivity contribution is 9.10. The molecule has 0 saturated carbocycles. The molecule has 2 aromatic carbocycles. The number of halogens is 1. The minimum absolute atomic E-state index is 0.350. The molecule has 2 aromatic rings. The second-order valence-corrected chi connectivity index (χ2v) is 4.78. The smallest absolute Gasteiger partial charge is 0.343 e. The topological polar surface area (TPSA) is 52.6 Å². The first-order valence-corrected chi connectivity index (χ1v) is 6.54. The molecule has 0 fully saturated rings. The Morgan fingerprint density at radius 1 is 1.20 bits per heavy atom. The van der Waals surface area contributed by atoms with Crippen LogP contribution in [0.5, 0.6) is 11.5 Å². The minimum atomic E-state index is -0.497. The average Bonchev–Trinajstić information content (AvgIpc) is 2.49. The van der Waals surface area contributed by atoms with E-state index in [-0.39, 0.29) is 0 Å². The fourth-order valence-electron chi connectivity index (χ4n) is 1.58. The van der Waals surface area contributed by atoms with E-state index in [9.17, 15) is 9.59 Å². The number of rotatable bonds is 4. The Morgan fingerprint density at radius 2 is 2.00 bits per heavy atom. The molecule has 0 N–H and O–H groups in total. The van der Waals surface area contributed by atoms with E-state index in [2.05, 4.69) is 15.9 Å². The molecule has 0 saturated heterocycles. The fourth-order valence-corrected chi connectivity index (χ4v) is 2.06. The summed E-state index contributed by atoms with van der Waals surface area (Å²) in [5, 5.41) is 0. The Balaban J connectivity index is 2.20. The highest BCUT2D eigenvalue weighted by atomic mass is 79.9. The largest absolute Gasteiger partial charge is 0.497 e. The van der Waals surface area contributed by atoms with Crippen LogP contribution in [0.3, 0.4) is 0 Å². The molecule has 0 aliphatic carbocycles. The van der Waals surface area contributed by atoms with E-state index in [1.807, 2.05) is 0 Å². The summed E-state index contributed by atoms with van der Waals surface area (Å²) in [6, 6.07) is 11.4.